The van der Waals surface area contributed by atoms with Crippen LogP contribution >= 0.6 is 11.8 Å². The molecule has 0 aromatic heterocycles. The molecule has 6 heteroatoms. The summed E-state index contributed by atoms with van der Waals surface area (Å²) < 4.78 is 0. The molecule has 0 bridgehead atoms. The number of amides is 2. The summed E-state index contributed by atoms with van der Waals surface area (Å²) in [6.07, 6.45) is 5.18. The number of thioether (sulfide) groups is 1. The fraction of sp³-hybridized carbons (Fsp3) is 0.619. The zero-order valence-electron chi connectivity index (χ0n) is 15.9. The summed E-state index contributed by atoms with van der Waals surface area (Å²) in [5, 5.41) is 3.23. The number of anilines is 1. The summed E-state index contributed by atoms with van der Waals surface area (Å²) >= 11 is 2.03. The molecule has 2 saturated heterocycles. The first kappa shape index (κ1) is 18.8. The first-order valence-corrected chi connectivity index (χ1v) is 11.3. The van der Waals surface area contributed by atoms with Crippen molar-refractivity contribution in [3.05, 3.63) is 30.3 Å². The minimum absolute atomic E-state index is 0.0411. The van der Waals surface area contributed by atoms with E-state index in [0.29, 0.717) is 13.0 Å². The molecule has 0 radical (unpaired) electrons. The summed E-state index contributed by atoms with van der Waals surface area (Å²) in [6.45, 7) is 3.48. The highest BCUT2D eigenvalue weighted by atomic mass is 32.2. The number of hydrogen-bond donors (Lipinski definition) is 1. The molecule has 1 saturated carbocycles. The first-order chi connectivity index (χ1) is 13.2. The SMILES string of the molecule is O=C(NCC1(N2CCSCC2)CCCC1)C1CC(=O)N(c2ccccc2)C1. The molecule has 2 amide bonds. The van der Waals surface area contributed by atoms with Crippen molar-refractivity contribution < 1.29 is 9.59 Å². The van der Waals surface area contributed by atoms with Gasteiger partial charge >= 0.3 is 0 Å². The topological polar surface area (TPSA) is 52.7 Å². The Hall–Kier alpha value is -1.53. The minimum atomic E-state index is -0.243. The van der Waals surface area contributed by atoms with Gasteiger partial charge in [0.25, 0.3) is 0 Å². The highest BCUT2D eigenvalue weighted by Gasteiger charge is 2.41. The lowest BCUT2D eigenvalue weighted by molar-refractivity contribution is -0.126. The number of hydrogen-bond acceptors (Lipinski definition) is 4. The second kappa shape index (κ2) is 8.23. The number of rotatable bonds is 5. The summed E-state index contributed by atoms with van der Waals surface area (Å²) in [6, 6.07) is 9.65. The van der Waals surface area contributed by atoms with Crippen LogP contribution in [0.25, 0.3) is 0 Å². The maximum Gasteiger partial charge on any atom is 0.227 e. The Labute approximate surface area is 165 Å². The largest absolute Gasteiger partial charge is 0.354 e. The van der Waals surface area contributed by atoms with Gasteiger partial charge in [-0.3, -0.25) is 14.5 Å². The zero-order valence-corrected chi connectivity index (χ0v) is 16.7. The van der Waals surface area contributed by atoms with Crippen molar-refractivity contribution in [1.82, 2.24) is 10.2 Å². The van der Waals surface area contributed by atoms with Gasteiger partial charge in [-0.2, -0.15) is 11.8 Å². The number of carbonyl (C=O) groups excluding carboxylic acids is 2. The lowest BCUT2D eigenvalue weighted by Gasteiger charge is -2.43. The molecular weight excluding hydrogens is 358 g/mol. The van der Waals surface area contributed by atoms with Gasteiger partial charge in [-0.05, 0) is 25.0 Å². The average Bonchev–Trinajstić information content (AvgIpc) is 3.35. The lowest BCUT2D eigenvalue weighted by atomic mass is 9.94. The third kappa shape index (κ3) is 4.02. The normalized spacial score (nSPS) is 25.7. The van der Waals surface area contributed by atoms with E-state index in [1.54, 1.807) is 4.90 Å². The minimum Gasteiger partial charge on any atom is -0.354 e. The summed E-state index contributed by atoms with van der Waals surface area (Å²) in [7, 11) is 0. The van der Waals surface area contributed by atoms with E-state index in [9.17, 15) is 9.59 Å². The molecule has 1 aromatic rings. The maximum absolute atomic E-state index is 12.8. The molecule has 27 heavy (non-hydrogen) atoms. The lowest BCUT2D eigenvalue weighted by Crippen LogP contribution is -2.57. The van der Waals surface area contributed by atoms with Crippen LogP contribution in [0.1, 0.15) is 32.1 Å². The first-order valence-electron chi connectivity index (χ1n) is 10.1. The monoisotopic (exact) mass is 387 g/mol. The van der Waals surface area contributed by atoms with E-state index in [2.05, 4.69) is 10.2 Å². The van der Waals surface area contributed by atoms with Crippen molar-refractivity contribution in [2.24, 2.45) is 5.92 Å². The van der Waals surface area contributed by atoms with Crippen LogP contribution in [0.5, 0.6) is 0 Å². The molecule has 5 nitrogen and oxygen atoms in total. The van der Waals surface area contributed by atoms with Gasteiger partial charge in [-0.25, -0.2) is 0 Å². The summed E-state index contributed by atoms with van der Waals surface area (Å²) in [5.41, 5.74) is 1.02. The van der Waals surface area contributed by atoms with Gasteiger partial charge in [0.05, 0.1) is 5.92 Å². The van der Waals surface area contributed by atoms with Gasteiger partial charge in [0, 0.05) is 55.3 Å². The van der Waals surface area contributed by atoms with E-state index in [1.807, 2.05) is 42.1 Å². The number of nitrogens with zero attached hydrogens (tertiary/aromatic N) is 2. The fourth-order valence-electron chi connectivity index (χ4n) is 4.81. The Balaban J connectivity index is 1.37. The van der Waals surface area contributed by atoms with Gasteiger partial charge in [0.1, 0.15) is 0 Å². The van der Waals surface area contributed by atoms with Crippen molar-refractivity contribution >= 4 is 29.3 Å². The van der Waals surface area contributed by atoms with Crippen molar-refractivity contribution in [3.63, 3.8) is 0 Å². The molecule has 2 heterocycles. The number of nitrogens with one attached hydrogen (secondary N) is 1. The van der Waals surface area contributed by atoms with Crippen LogP contribution in [-0.4, -0.2) is 59.9 Å². The van der Waals surface area contributed by atoms with Gasteiger partial charge in [-0.1, -0.05) is 31.0 Å². The molecule has 146 valence electrons. The van der Waals surface area contributed by atoms with Crippen LogP contribution < -0.4 is 10.2 Å². The average molecular weight is 388 g/mol. The van der Waals surface area contributed by atoms with Crippen LogP contribution in [0.4, 0.5) is 5.69 Å². The molecule has 2 aliphatic heterocycles. The molecule has 4 rings (SSSR count). The van der Waals surface area contributed by atoms with E-state index in [-0.39, 0.29) is 23.3 Å². The number of para-hydroxylation sites is 1. The molecule has 3 aliphatic rings. The number of carbonyl (C=O) groups is 2. The quantitative estimate of drug-likeness (QED) is 0.844. The Morgan fingerprint density at radius 1 is 1.15 bits per heavy atom. The predicted molar refractivity (Wildman–Crippen MR) is 110 cm³/mol. The van der Waals surface area contributed by atoms with Crippen molar-refractivity contribution in [2.45, 2.75) is 37.6 Å². The Morgan fingerprint density at radius 2 is 1.85 bits per heavy atom. The molecule has 1 unspecified atom stereocenters. The standard InChI is InChI=1S/C21H29N3O2S/c25-19-14-17(15-24(19)18-6-2-1-3-7-18)20(26)22-16-21(8-4-5-9-21)23-10-12-27-13-11-23/h1-3,6-7,17H,4-5,8-16H2,(H,22,26). The molecule has 1 atom stereocenters. The molecule has 0 spiro atoms. The summed E-state index contributed by atoms with van der Waals surface area (Å²) in [4.78, 5) is 29.6. The highest BCUT2D eigenvalue weighted by molar-refractivity contribution is 7.99. The predicted octanol–water partition coefficient (Wildman–Crippen LogP) is 2.52. The second-order valence-corrected chi connectivity index (χ2v) is 9.21. The Bertz CT molecular complexity index is 669. The zero-order chi connectivity index (χ0) is 18.7. The van der Waals surface area contributed by atoms with Crippen molar-refractivity contribution in [3.8, 4) is 0 Å². The van der Waals surface area contributed by atoms with Crippen LogP contribution in [-0.2, 0) is 9.59 Å². The van der Waals surface area contributed by atoms with Crippen LogP contribution in [0, 0.1) is 5.92 Å². The van der Waals surface area contributed by atoms with E-state index in [1.165, 1.54) is 37.2 Å². The van der Waals surface area contributed by atoms with Gasteiger partial charge in [0.2, 0.25) is 11.8 Å². The summed E-state index contributed by atoms with van der Waals surface area (Å²) in [5.74, 6) is 2.23. The molecule has 1 N–H and O–H groups in total. The van der Waals surface area contributed by atoms with Crippen LogP contribution in [0.3, 0.4) is 0 Å². The van der Waals surface area contributed by atoms with E-state index in [4.69, 9.17) is 0 Å². The van der Waals surface area contributed by atoms with Gasteiger partial charge in [-0.15, -0.1) is 0 Å². The van der Waals surface area contributed by atoms with Crippen molar-refractivity contribution in [2.75, 3.05) is 42.6 Å². The van der Waals surface area contributed by atoms with Crippen LogP contribution in [0.15, 0.2) is 30.3 Å². The van der Waals surface area contributed by atoms with Gasteiger partial charge < -0.3 is 10.2 Å². The highest BCUT2D eigenvalue weighted by Crippen LogP contribution is 2.36. The third-order valence-electron chi connectivity index (χ3n) is 6.37. The van der Waals surface area contributed by atoms with E-state index < -0.39 is 0 Å². The van der Waals surface area contributed by atoms with E-state index >= 15 is 0 Å². The van der Waals surface area contributed by atoms with Crippen molar-refractivity contribution in [1.29, 1.82) is 0 Å². The Morgan fingerprint density at radius 3 is 2.56 bits per heavy atom. The molecule has 1 aromatic carbocycles. The molecule has 1 aliphatic carbocycles. The van der Waals surface area contributed by atoms with E-state index in [0.717, 1.165) is 25.3 Å². The second-order valence-electron chi connectivity index (χ2n) is 7.99. The fourth-order valence-corrected chi connectivity index (χ4v) is 5.72. The Kier molecular flexibility index (Phi) is 5.74. The third-order valence-corrected chi connectivity index (χ3v) is 7.31. The molecular formula is C21H29N3O2S. The maximum atomic E-state index is 12.8. The smallest absolute Gasteiger partial charge is 0.227 e. The molecule has 3 fully saturated rings. The van der Waals surface area contributed by atoms with Gasteiger partial charge in [0.15, 0.2) is 0 Å². The van der Waals surface area contributed by atoms with Crippen LogP contribution in [0.2, 0.25) is 0 Å². The number of benzene rings is 1.